The van der Waals surface area contributed by atoms with Crippen molar-refractivity contribution in [3.8, 4) is 22.8 Å². The van der Waals surface area contributed by atoms with E-state index in [2.05, 4.69) is 22.3 Å². The molecular formula is C27H32N2O4. The fourth-order valence-electron chi connectivity index (χ4n) is 4.32. The number of nitrogens with one attached hydrogen (secondary N) is 1. The van der Waals surface area contributed by atoms with E-state index >= 15 is 0 Å². The summed E-state index contributed by atoms with van der Waals surface area (Å²) < 4.78 is 16.6. The van der Waals surface area contributed by atoms with Crippen molar-refractivity contribution in [3.05, 3.63) is 72.0 Å². The number of ether oxygens (including phenoxy) is 2. The summed E-state index contributed by atoms with van der Waals surface area (Å²) in [6, 6.07) is 19.9. The predicted octanol–water partition coefficient (Wildman–Crippen LogP) is 4.85. The third-order valence-electron chi connectivity index (χ3n) is 6.19. The zero-order valence-corrected chi connectivity index (χ0v) is 19.4. The molecule has 3 aromatic rings. The van der Waals surface area contributed by atoms with Crippen LogP contribution in [0.5, 0.6) is 11.5 Å². The molecule has 0 saturated carbocycles. The first-order chi connectivity index (χ1) is 16.2. The number of hydrogen-bond donors (Lipinski definition) is 1. The molecule has 33 heavy (non-hydrogen) atoms. The normalized spacial score (nSPS) is 14.7. The summed E-state index contributed by atoms with van der Waals surface area (Å²) >= 11 is 0. The third kappa shape index (κ3) is 5.96. The Kier molecular flexibility index (Phi) is 7.68. The van der Waals surface area contributed by atoms with Crippen LogP contribution in [0.2, 0.25) is 0 Å². The van der Waals surface area contributed by atoms with E-state index in [1.54, 1.807) is 14.2 Å². The highest BCUT2D eigenvalue weighted by Crippen LogP contribution is 2.28. The van der Waals surface area contributed by atoms with Crippen LogP contribution in [0.1, 0.15) is 36.6 Å². The molecule has 1 aliphatic heterocycles. The summed E-state index contributed by atoms with van der Waals surface area (Å²) in [7, 11) is 3.33. The Morgan fingerprint density at radius 2 is 1.76 bits per heavy atom. The first kappa shape index (κ1) is 22.9. The van der Waals surface area contributed by atoms with Gasteiger partial charge in [-0.1, -0.05) is 12.1 Å². The Hall–Kier alpha value is -3.25. The molecule has 0 bridgehead atoms. The lowest BCUT2D eigenvalue weighted by atomic mass is 10.0. The standard InChI is InChI=1S/C27H32N2O4/c1-31-22-10-8-20(9-11-22)26-14-12-23(33-26)13-15-27(30)28-19-25(29-16-3-4-17-29)21-6-5-7-24(18-21)32-2/h5-12,14,18,25H,3-4,13,15-17,19H2,1-2H3,(H,28,30)/t25-/m1/s1. The van der Waals surface area contributed by atoms with Crippen molar-refractivity contribution in [1.82, 2.24) is 10.2 Å². The molecule has 1 saturated heterocycles. The second kappa shape index (κ2) is 11.1. The van der Waals surface area contributed by atoms with E-state index in [1.165, 1.54) is 18.4 Å². The summed E-state index contributed by atoms with van der Waals surface area (Å²) in [5.74, 6) is 3.28. The van der Waals surface area contributed by atoms with Gasteiger partial charge in [0.2, 0.25) is 5.91 Å². The molecule has 174 valence electrons. The highest BCUT2D eigenvalue weighted by molar-refractivity contribution is 5.76. The lowest BCUT2D eigenvalue weighted by molar-refractivity contribution is -0.121. The summed E-state index contributed by atoms with van der Waals surface area (Å²) in [5.41, 5.74) is 2.16. The highest BCUT2D eigenvalue weighted by Gasteiger charge is 2.24. The molecule has 1 N–H and O–H groups in total. The molecular weight excluding hydrogens is 416 g/mol. The van der Waals surface area contributed by atoms with Crippen molar-refractivity contribution in [2.45, 2.75) is 31.7 Å². The van der Waals surface area contributed by atoms with Crippen molar-refractivity contribution in [2.75, 3.05) is 33.9 Å². The molecule has 2 aromatic carbocycles. The molecule has 4 rings (SSSR count). The Labute approximate surface area is 195 Å². The smallest absolute Gasteiger partial charge is 0.220 e. The Morgan fingerprint density at radius 3 is 2.48 bits per heavy atom. The minimum atomic E-state index is 0.0319. The fourth-order valence-corrected chi connectivity index (χ4v) is 4.32. The number of aryl methyl sites for hydroxylation is 1. The summed E-state index contributed by atoms with van der Waals surface area (Å²) in [6.45, 7) is 2.69. The van der Waals surface area contributed by atoms with E-state index in [0.29, 0.717) is 19.4 Å². The zero-order valence-electron chi connectivity index (χ0n) is 19.4. The number of hydrogen-bond acceptors (Lipinski definition) is 5. The van der Waals surface area contributed by atoms with Gasteiger partial charge in [-0.05, 0) is 80.0 Å². The number of benzene rings is 2. The molecule has 1 atom stereocenters. The molecule has 1 aliphatic rings. The van der Waals surface area contributed by atoms with Crippen molar-refractivity contribution >= 4 is 5.91 Å². The number of carbonyl (C=O) groups excluding carboxylic acids is 1. The van der Waals surface area contributed by atoms with E-state index in [1.807, 2.05) is 48.5 Å². The molecule has 1 fully saturated rings. The van der Waals surface area contributed by atoms with Gasteiger partial charge >= 0.3 is 0 Å². The third-order valence-corrected chi connectivity index (χ3v) is 6.19. The predicted molar refractivity (Wildman–Crippen MR) is 129 cm³/mol. The van der Waals surface area contributed by atoms with Gasteiger partial charge in [0.15, 0.2) is 0 Å². The molecule has 0 radical (unpaired) electrons. The van der Waals surface area contributed by atoms with Crippen LogP contribution < -0.4 is 14.8 Å². The van der Waals surface area contributed by atoms with E-state index < -0.39 is 0 Å². The second-order valence-corrected chi connectivity index (χ2v) is 8.33. The van der Waals surface area contributed by atoms with E-state index in [9.17, 15) is 4.79 Å². The minimum absolute atomic E-state index is 0.0319. The van der Waals surface area contributed by atoms with Gasteiger partial charge in [-0.25, -0.2) is 0 Å². The van der Waals surface area contributed by atoms with Gasteiger partial charge in [0.25, 0.3) is 0 Å². The van der Waals surface area contributed by atoms with Crippen molar-refractivity contribution in [3.63, 3.8) is 0 Å². The summed E-state index contributed by atoms with van der Waals surface area (Å²) in [4.78, 5) is 15.1. The molecule has 0 unspecified atom stereocenters. The SMILES string of the molecule is COc1ccc(-c2ccc(CCC(=O)NC[C@H](c3cccc(OC)c3)N3CCCC3)o2)cc1. The van der Waals surface area contributed by atoms with E-state index in [4.69, 9.17) is 13.9 Å². The van der Waals surface area contributed by atoms with Gasteiger partial charge in [0, 0.05) is 24.9 Å². The zero-order chi connectivity index (χ0) is 23.0. The first-order valence-electron chi connectivity index (χ1n) is 11.5. The van der Waals surface area contributed by atoms with Gasteiger partial charge < -0.3 is 19.2 Å². The topological polar surface area (TPSA) is 63.9 Å². The number of amides is 1. The molecule has 1 aromatic heterocycles. The van der Waals surface area contributed by atoms with Crippen LogP contribution in [0, 0.1) is 0 Å². The molecule has 1 amide bonds. The highest BCUT2D eigenvalue weighted by atomic mass is 16.5. The van der Waals surface area contributed by atoms with Gasteiger partial charge in [-0.3, -0.25) is 9.69 Å². The van der Waals surface area contributed by atoms with Crippen molar-refractivity contribution in [1.29, 1.82) is 0 Å². The van der Waals surface area contributed by atoms with Crippen LogP contribution >= 0.6 is 0 Å². The van der Waals surface area contributed by atoms with E-state index in [0.717, 1.165) is 41.7 Å². The Morgan fingerprint density at radius 1 is 1.00 bits per heavy atom. The maximum absolute atomic E-state index is 12.6. The number of likely N-dealkylation sites (tertiary alicyclic amines) is 1. The van der Waals surface area contributed by atoms with Gasteiger partial charge in [-0.2, -0.15) is 0 Å². The van der Waals surface area contributed by atoms with E-state index in [-0.39, 0.29) is 11.9 Å². The molecule has 2 heterocycles. The minimum Gasteiger partial charge on any atom is -0.497 e. The van der Waals surface area contributed by atoms with Crippen LogP contribution in [0.25, 0.3) is 11.3 Å². The first-order valence-corrected chi connectivity index (χ1v) is 11.5. The average molecular weight is 449 g/mol. The molecule has 6 nitrogen and oxygen atoms in total. The lowest BCUT2D eigenvalue weighted by Crippen LogP contribution is -2.36. The number of carbonyl (C=O) groups is 1. The quantitative estimate of drug-likeness (QED) is 0.480. The lowest BCUT2D eigenvalue weighted by Gasteiger charge is -2.28. The van der Waals surface area contributed by atoms with Crippen LogP contribution in [0.3, 0.4) is 0 Å². The van der Waals surface area contributed by atoms with Gasteiger partial charge in [0.1, 0.15) is 23.0 Å². The largest absolute Gasteiger partial charge is 0.497 e. The van der Waals surface area contributed by atoms with Crippen LogP contribution in [-0.2, 0) is 11.2 Å². The maximum atomic E-state index is 12.6. The second-order valence-electron chi connectivity index (χ2n) is 8.33. The molecule has 6 heteroatoms. The van der Waals surface area contributed by atoms with Gasteiger partial charge in [0.05, 0.1) is 20.3 Å². The van der Waals surface area contributed by atoms with Gasteiger partial charge in [-0.15, -0.1) is 0 Å². The van der Waals surface area contributed by atoms with Crippen molar-refractivity contribution in [2.24, 2.45) is 0 Å². The number of furan rings is 1. The Balaban J connectivity index is 1.32. The number of nitrogens with zero attached hydrogens (tertiary/aromatic N) is 1. The fraction of sp³-hybridized carbons (Fsp3) is 0.370. The number of methoxy groups -OCH3 is 2. The molecule has 0 spiro atoms. The van der Waals surface area contributed by atoms with Crippen LogP contribution in [0.15, 0.2) is 65.1 Å². The maximum Gasteiger partial charge on any atom is 0.220 e. The molecule has 0 aliphatic carbocycles. The van der Waals surface area contributed by atoms with Crippen LogP contribution in [-0.4, -0.2) is 44.7 Å². The summed E-state index contributed by atoms with van der Waals surface area (Å²) in [5, 5.41) is 3.14. The van der Waals surface area contributed by atoms with Crippen LogP contribution in [0.4, 0.5) is 0 Å². The Bertz CT molecular complexity index is 1040. The van der Waals surface area contributed by atoms with Crippen molar-refractivity contribution < 1.29 is 18.7 Å². The monoisotopic (exact) mass is 448 g/mol. The number of rotatable bonds is 10. The average Bonchev–Trinajstić information content (AvgIpc) is 3.56. The summed E-state index contributed by atoms with van der Waals surface area (Å²) in [6.07, 6.45) is 3.35.